The lowest BCUT2D eigenvalue weighted by atomic mass is 10.1. The second-order valence-corrected chi connectivity index (χ2v) is 5.56. The largest absolute Gasteiger partial charge is 0.395 e. The average molecular weight is 281 g/mol. The number of aliphatic hydroxyl groups excluding tert-OH is 2. The van der Waals surface area contributed by atoms with Gasteiger partial charge in [0.05, 0.1) is 19.3 Å². The first-order valence-electron chi connectivity index (χ1n) is 7.25. The van der Waals surface area contributed by atoms with Gasteiger partial charge in [-0.15, -0.1) is 0 Å². The van der Waals surface area contributed by atoms with Crippen LogP contribution in [0.15, 0.2) is 30.3 Å². The fourth-order valence-corrected chi connectivity index (χ4v) is 1.90. The first kappa shape index (κ1) is 17.1. The zero-order chi connectivity index (χ0) is 14.8. The molecule has 0 fully saturated rings. The minimum absolute atomic E-state index is 0.0443. The fourth-order valence-electron chi connectivity index (χ4n) is 1.90. The number of ether oxygens (including phenoxy) is 1. The molecule has 4 nitrogen and oxygen atoms in total. The van der Waals surface area contributed by atoms with E-state index >= 15 is 0 Å². The number of hydrogen-bond acceptors (Lipinski definition) is 4. The molecule has 0 bridgehead atoms. The summed E-state index contributed by atoms with van der Waals surface area (Å²) in [6, 6.07) is 9.97. The van der Waals surface area contributed by atoms with Gasteiger partial charge in [-0.3, -0.25) is 0 Å². The van der Waals surface area contributed by atoms with Crippen LogP contribution in [0.2, 0.25) is 0 Å². The first-order valence-corrected chi connectivity index (χ1v) is 7.25. The number of benzene rings is 1. The molecule has 0 amide bonds. The highest BCUT2D eigenvalue weighted by Gasteiger charge is 2.11. The van der Waals surface area contributed by atoms with Crippen LogP contribution in [0.5, 0.6) is 0 Å². The topological polar surface area (TPSA) is 61.7 Å². The predicted octanol–water partition coefficient (Wildman–Crippen LogP) is 1.21. The quantitative estimate of drug-likeness (QED) is 0.603. The number of rotatable bonds is 10. The van der Waals surface area contributed by atoms with E-state index in [0.717, 1.165) is 6.42 Å². The lowest BCUT2D eigenvalue weighted by Gasteiger charge is -2.19. The van der Waals surface area contributed by atoms with E-state index in [-0.39, 0.29) is 12.6 Å². The molecule has 0 radical (unpaired) electrons. The van der Waals surface area contributed by atoms with Crippen molar-refractivity contribution in [1.82, 2.24) is 5.32 Å². The molecule has 0 aliphatic carbocycles. The monoisotopic (exact) mass is 281 g/mol. The zero-order valence-corrected chi connectivity index (χ0v) is 12.5. The van der Waals surface area contributed by atoms with Gasteiger partial charge < -0.3 is 20.3 Å². The maximum Gasteiger partial charge on any atom is 0.0897 e. The highest BCUT2D eigenvalue weighted by molar-refractivity contribution is 5.15. The van der Waals surface area contributed by atoms with Crippen molar-refractivity contribution < 1.29 is 14.9 Å². The summed E-state index contributed by atoms with van der Waals surface area (Å²) in [6.07, 6.45) is 0.204. The van der Waals surface area contributed by atoms with Crippen molar-refractivity contribution in [3.05, 3.63) is 35.9 Å². The zero-order valence-electron chi connectivity index (χ0n) is 12.5. The normalized spacial score (nSPS) is 14.4. The smallest absolute Gasteiger partial charge is 0.0897 e. The number of nitrogens with one attached hydrogen (secondary N) is 1. The van der Waals surface area contributed by atoms with Gasteiger partial charge in [0.2, 0.25) is 0 Å². The van der Waals surface area contributed by atoms with Crippen LogP contribution < -0.4 is 5.32 Å². The van der Waals surface area contributed by atoms with Crippen molar-refractivity contribution in [2.45, 2.75) is 32.4 Å². The molecule has 0 aliphatic heterocycles. The van der Waals surface area contributed by atoms with E-state index < -0.39 is 6.10 Å². The lowest BCUT2D eigenvalue weighted by molar-refractivity contribution is 0.0240. The van der Waals surface area contributed by atoms with Gasteiger partial charge in [-0.25, -0.2) is 0 Å². The molecule has 114 valence electrons. The van der Waals surface area contributed by atoms with Gasteiger partial charge in [0, 0.05) is 19.2 Å². The summed E-state index contributed by atoms with van der Waals surface area (Å²) in [5, 5.41) is 22.4. The van der Waals surface area contributed by atoms with Gasteiger partial charge in [0.15, 0.2) is 0 Å². The van der Waals surface area contributed by atoms with E-state index in [0.29, 0.717) is 25.7 Å². The van der Waals surface area contributed by atoms with Gasteiger partial charge in [0.25, 0.3) is 0 Å². The molecule has 0 heterocycles. The maximum atomic E-state index is 9.80. The molecular formula is C16H27NO3. The SMILES string of the molecule is CC(C)COCC(O)CNC(CO)Cc1ccccc1. The van der Waals surface area contributed by atoms with Crippen molar-refractivity contribution in [3.63, 3.8) is 0 Å². The summed E-state index contributed by atoms with van der Waals surface area (Å²) in [6.45, 7) is 5.61. The molecule has 1 aromatic rings. The number of aliphatic hydroxyl groups is 2. The van der Waals surface area contributed by atoms with Crippen LogP contribution in [0.1, 0.15) is 19.4 Å². The molecule has 0 spiro atoms. The van der Waals surface area contributed by atoms with E-state index in [9.17, 15) is 10.2 Å². The Morgan fingerprint density at radius 1 is 1.15 bits per heavy atom. The Morgan fingerprint density at radius 2 is 1.85 bits per heavy atom. The fraction of sp³-hybridized carbons (Fsp3) is 0.625. The molecule has 0 aromatic heterocycles. The van der Waals surface area contributed by atoms with E-state index in [2.05, 4.69) is 19.2 Å². The van der Waals surface area contributed by atoms with Crippen molar-refractivity contribution in [3.8, 4) is 0 Å². The molecule has 0 saturated carbocycles. The summed E-state index contributed by atoms with van der Waals surface area (Å²) >= 11 is 0. The highest BCUT2D eigenvalue weighted by Crippen LogP contribution is 2.03. The van der Waals surface area contributed by atoms with Crippen molar-refractivity contribution in [1.29, 1.82) is 0 Å². The minimum Gasteiger partial charge on any atom is -0.395 e. The molecular weight excluding hydrogens is 254 g/mol. The molecule has 1 rings (SSSR count). The summed E-state index contributed by atoms with van der Waals surface area (Å²) in [7, 11) is 0. The Hall–Kier alpha value is -0.940. The van der Waals surface area contributed by atoms with Crippen LogP contribution in [-0.2, 0) is 11.2 Å². The molecule has 20 heavy (non-hydrogen) atoms. The predicted molar refractivity (Wildman–Crippen MR) is 80.7 cm³/mol. The summed E-state index contributed by atoms with van der Waals surface area (Å²) in [5.41, 5.74) is 1.17. The molecule has 2 atom stereocenters. The highest BCUT2D eigenvalue weighted by atomic mass is 16.5. The third-order valence-electron chi connectivity index (χ3n) is 2.95. The van der Waals surface area contributed by atoms with Crippen molar-refractivity contribution in [2.75, 3.05) is 26.4 Å². The van der Waals surface area contributed by atoms with Crippen LogP contribution in [0.3, 0.4) is 0 Å². The summed E-state index contributed by atoms with van der Waals surface area (Å²) < 4.78 is 5.39. The van der Waals surface area contributed by atoms with E-state index in [1.54, 1.807) is 0 Å². The van der Waals surface area contributed by atoms with Crippen LogP contribution >= 0.6 is 0 Å². The molecule has 0 saturated heterocycles. The first-order chi connectivity index (χ1) is 9.61. The third-order valence-corrected chi connectivity index (χ3v) is 2.95. The summed E-state index contributed by atoms with van der Waals surface area (Å²) in [4.78, 5) is 0. The third kappa shape index (κ3) is 7.60. The second kappa shape index (κ2) is 9.88. The van der Waals surface area contributed by atoms with E-state index in [4.69, 9.17) is 4.74 Å². The molecule has 0 aliphatic rings. The van der Waals surface area contributed by atoms with E-state index in [1.807, 2.05) is 30.3 Å². The molecule has 3 N–H and O–H groups in total. The Labute approximate surface area is 121 Å². The minimum atomic E-state index is -0.543. The summed E-state index contributed by atoms with van der Waals surface area (Å²) in [5.74, 6) is 0.471. The Balaban J connectivity index is 2.23. The second-order valence-electron chi connectivity index (χ2n) is 5.56. The maximum absolute atomic E-state index is 9.80. The molecule has 4 heteroatoms. The molecule has 2 unspecified atom stereocenters. The Bertz CT molecular complexity index is 343. The van der Waals surface area contributed by atoms with Crippen LogP contribution in [-0.4, -0.2) is 48.7 Å². The van der Waals surface area contributed by atoms with Crippen LogP contribution in [0.25, 0.3) is 0 Å². The number of hydrogen-bond donors (Lipinski definition) is 3. The Morgan fingerprint density at radius 3 is 2.45 bits per heavy atom. The van der Waals surface area contributed by atoms with Crippen molar-refractivity contribution in [2.24, 2.45) is 5.92 Å². The van der Waals surface area contributed by atoms with Gasteiger partial charge in [0.1, 0.15) is 0 Å². The van der Waals surface area contributed by atoms with Gasteiger partial charge in [-0.2, -0.15) is 0 Å². The van der Waals surface area contributed by atoms with Gasteiger partial charge >= 0.3 is 0 Å². The lowest BCUT2D eigenvalue weighted by Crippen LogP contribution is -2.40. The molecule has 1 aromatic carbocycles. The van der Waals surface area contributed by atoms with Gasteiger partial charge in [-0.1, -0.05) is 44.2 Å². The van der Waals surface area contributed by atoms with Gasteiger partial charge in [-0.05, 0) is 17.9 Å². The van der Waals surface area contributed by atoms with Crippen LogP contribution in [0.4, 0.5) is 0 Å². The average Bonchev–Trinajstić information content (AvgIpc) is 2.44. The Kier molecular flexibility index (Phi) is 8.46. The van der Waals surface area contributed by atoms with Crippen LogP contribution in [0, 0.1) is 5.92 Å². The van der Waals surface area contributed by atoms with Crippen molar-refractivity contribution >= 4 is 0 Å². The standard InChI is InChI=1S/C16H27NO3/c1-13(2)11-20-12-16(19)9-17-15(10-18)8-14-6-4-3-5-7-14/h3-7,13,15-19H,8-12H2,1-2H3. The van der Waals surface area contributed by atoms with E-state index in [1.165, 1.54) is 5.56 Å².